The zero-order valence-corrected chi connectivity index (χ0v) is 22.6. The molecule has 0 amide bonds. The van der Waals surface area contributed by atoms with Crippen molar-refractivity contribution >= 4 is 24.7 Å². The standard InChI is InChI=1S/C28H33N5O2Si/c1-28(2)14-24(21-8-6-19(15-29)12-23(21)28)31-20-7-9-25-22(13-20)27(26-16-30-17-35-26)32-33(25)18-34-10-11-36(3,4)5/h6-9,12-13,16-17,24,31H,10-11,14,18H2,1-5H3. The number of hydrogen-bond acceptors (Lipinski definition) is 6. The molecule has 0 spiro atoms. The molecule has 5 rings (SSSR count). The van der Waals surface area contributed by atoms with E-state index in [1.807, 2.05) is 16.8 Å². The SMILES string of the molecule is CC1(C)CC(Nc2ccc3c(c2)c(-c2cnco2)nn3COCC[Si](C)(C)C)c2ccc(C#N)cc21. The molecule has 8 heteroatoms. The van der Waals surface area contributed by atoms with Crippen molar-refractivity contribution in [2.75, 3.05) is 11.9 Å². The highest BCUT2D eigenvalue weighted by Crippen LogP contribution is 2.46. The third kappa shape index (κ3) is 4.81. The smallest absolute Gasteiger partial charge is 0.181 e. The molecule has 1 aliphatic rings. The van der Waals surface area contributed by atoms with Gasteiger partial charge in [0.05, 0.1) is 29.4 Å². The molecular formula is C28H33N5O2Si. The molecule has 1 N–H and O–H groups in total. The van der Waals surface area contributed by atoms with Crippen LogP contribution in [-0.2, 0) is 16.9 Å². The average Bonchev–Trinajstić information content (AvgIpc) is 3.53. The maximum absolute atomic E-state index is 9.36. The van der Waals surface area contributed by atoms with Crippen LogP contribution in [0, 0.1) is 11.3 Å². The zero-order chi connectivity index (χ0) is 25.5. The Bertz CT molecular complexity index is 1430. The predicted molar refractivity (Wildman–Crippen MR) is 144 cm³/mol. The Morgan fingerprint density at radius 2 is 2.06 bits per heavy atom. The Balaban J connectivity index is 1.44. The van der Waals surface area contributed by atoms with E-state index in [-0.39, 0.29) is 11.5 Å². The normalized spacial score (nSPS) is 16.7. The Kier molecular flexibility index (Phi) is 6.23. The number of rotatable bonds is 8. The first kappa shape index (κ1) is 24.3. The third-order valence-electron chi connectivity index (χ3n) is 6.97. The van der Waals surface area contributed by atoms with Gasteiger partial charge in [-0.05, 0) is 59.3 Å². The molecule has 0 saturated carbocycles. The molecule has 186 valence electrons. The molecule has 2 aromatic heterocycles. The lowest BCUT2D eigenvalue weighted by Crippen LogP contribution is -2.22. The number of hydrogen-bond donors (Lipinski definition) is 1. The van der Waals surface area contributed by atoms with Crippen molar-refractivity contribution in [3.63, 3.8) is 0 Å². The lowest BCUT2D eigenvalue weighted by atomic mass is 9.86. The van der Waals surface area contributed by atoms with Crippen molar-refractivity contribution in [1.82, 2.24) is 14.8 Å². The number of nitriles is 1. The number of aromatic nitrogens is 3. The van der Waals surface area contributed by atoms with E-state index in [4.69, 9.17) is 14.3 Å². The van der Waals surface area contributed by atoms with E-state index in [0.29, 0.717) is 18.1 Å². The van der Waals surface area contributed by atoms with Crippen LogP contribution >= 0.6 is 0 Å². The van der Waals surface area contributed by atoms with Crippen LogP contribution in [0.15, 0.2) is 53.4 Å². The van der Waals surface area contributed by atoms with Crippen molar-refractivity contribution in [3.8, 4) is 17.5 Å². The number of nitrogens with zero attached hydrogens (tertiary/aromatic N) is 4. The Hall–Kier alpha value is -3.41. The monoisotopic (exact) mass is 499 g/mol. The van der Waals surface area contributed by atoms with Crippen LogP contribution < -0.4 is 5.32 Å². The molecule has 7 nitrogen and oxygen atoms in total. The highest BCUT2D eigenvalue weighted by molar-refractivity contribution is 6.76. The Morgan fingerprint density at radius 3 is 2.78 bits per heavy atom. The molecule has 0 radical (unpaired) electrons. The first-order valence-electron chi connectivity index (χ1n) is 12.4. The molecule has 1 aliphatic carbocycles. The van der Waals surface area contributed by atoms with Gasteiger partial charge in [-0.15, -0.1) is 0 Å². The van der Waals surface area contributed by atoms with Crippen molar-refractivity contribution < 1.29 is 9.15 Å². The van der Waals surface area contributed by atoms with Crippen molar-refractivity contribution in [3.05, 3.63) is 65.7 Å². The minimum Gasteiger partial charge on any atom is -0.442 e. The third-order valence-corrected chi connectivity index (χ3v) is 8.67. The number of nitrogens with one attached hydrogen (secondary N) is 1. The van der Waals surface area contributed by atoms with Crippen LogP contribution in [0.25, 0.3) is 22.4 Å². The number of fused-ring (bicyclic) bond motifs is 2. The predicted octanol–water partition coefficient (Wildman–Crippen LogP) is 6.71. The molecule has 2 heterocycles. The van der Waals surface area contributed by atoms with Crippen LogP contribution in [-0.4, -0.2) is 29.4 Å². The van der Waals surface area contributed by atoms with Gasteiger partial charge in [0.25, 0.3) is 0 Å². The molecule has 0 bridgehead atoms. The Labute approximate surface area is 213 Å². The summed E-state index contributed by atoms with van der Waals surface area (Å²) in [6, 6.07) is 15.9. The average molecular weight is 500 g/mol. The summed E-state index contributed by atoms with van der Waals surface area (Å²) in [5, 5.41) is 18.9. The first-order chi connectivity index (χ1) is 17.1. The van der Waals surface area contributed by atoms with Crippen molar-refractivity contribution in [2.45, 2.75) is 64.1 Å². The molecule has 0 fully saturated rings. The summed E-state index contributed by atoms with van der Waals surface area (Å²) in [5.41, 5.74) is 5.96. The molecule has 36 heavy (non-hydrogen) atoms. The van der Waals surface area contributed by atoms with Crippen molar-refractivity contribution in [2.24, 2.45) is 0 Å². The summed E-state index contributed by atoms with van der Waals surface area (Å²) in [6.45, 7) is 12.7. The lowest BCUT2D eigenvalue weighted by Gasteiger charge is -2.20. The number of benzene rings is 2. The van der Waals surface area contributed by atoms with Gasteiger partial charge < -0.3 is 14.5 Å². The van der Waals surface area contributed by atoms with Gasteiger partial charge in [-0.25, -0.2) is 9.67 Å². The maximum atomic E-state index is 9.36. The quantitative estimate of drug-likeness (QED) is 0.214. The fraction of sp³-hybridized carbons (Fsp3) is 0.393. The van der Waals surface area contributed by atoms with E-state index in [1.165, 1.54) is 17.5 Å². The number of oxazole rings is 1. The lowest BCUT2D eigenvalue weighted by molar-refractivity contribution is 0.0818. The van der Waals surface area contributed by atoms with Gasteiger partial charge in [-0.2, -0.15) is 10.4 Å². The van der Waals surface area contributed by atoms with E-state index < -0.39 is 8.07 Å². The summed E-state index contributed by atoms with van der Waals surface area (Å²) in [5.74, 6) is 0.634. The highest BCUT2D eigenvalue weighted by Gasteiger charge is 2.37. The van der Waals surface area contributed by atoms with Crippen LogP contribution in [0.1, 0.15) is 43.0 Å². The van der Waals surface area contributed by atoms with E-state index >= 15 is 0 Å². The summed E-state index contributed by atoms with van der Waals surface area (Å²) in [4.78, 5) is 4.10. The fourth-order valence-corrected chi connectivity index (χ4v) is 5.74. The van der Waals surface area contributed by atoms with Crippen LogP contribution in [0.3, 0.4) is 0 Å². The number of anilines is 1. The summed E-state index contributed by atoms with van der Waals surface area (Å²) in [7, 11) is -1.16. The first-order valence-corrected chi connectivity index (χ1v) is 16.1. The fourth-order valence-electron chi connectivity index (χ4n) is 4.99. The maximum Gasteiger partial charge on any atom is 0.181 e. The topological polar surface area (TPSA) is 88.9 Å². The van der Waals surface area contributed by atoms with Crippen molar-refractivity contribution in [1.29, 1.82) is 5.26 Å². The Morgan fingerprint density at radius 1 is 1.22 bits per heavy atom. The van der Waals surface area contributed by atoms with Gasteiger partial charge in [0, 0.05) is 25.8 Å². The summed E-state index contributed by atoms with van der Waals surface area (Å²) >= 11 is 0. The highest BCUT2D eigenvalue weighted by atomic mass is 28.3. The van der Waals surface area contributed by atoms with Gasteiger partial charge in [0.2, 0.25) is 0 Å². The molecule has 2 aromatic carbocycles. The second-order valence-corrected chi connectivity index (χ2v) is 17.1. The van der Waals surface area contributed by atoms with Crippen LogP contribution in [0.2, 0.25) is 25.7 Å². The molecule has 1 atom stereocenters. The minimum absolute atomic E-state index is 0.00685. The molecular weight excluding hydrogens is 466 g/mol. The van der Waals surface area contributed by atoms with E-state index in [2.05, 4.69) is 74.1 Å². The summed E-state index contributed by atoms with van der Waals surface area (Å²) < 4.78 is 13.5. The van der Waals surface area contributed by atoms with E-state index in [9.17, 15) is 5.26 Å². The van der Waals surface area contributed by atoms with Gasteiger partial charge in [-0.1, -0.05) is 39.6 Å². The number of ether oxygens (including phenoxy) is 1. The van der Waals surface area contributed by atoms with Crippen LogP contribution in [0.4, 0.5) is 5.69 Å². The summed E-state index contributed by atoms with van der Waals surface area (Å²) in [6.07, 6.45) is 4.08. The molecule has 0 aliphatic heterocycles. The van der Waals surface area contributed by atoms with Gasteiger partial charge in [0.15, 0.2) is 12.2 Å². The van der Waals surface area contributed by atoms with Gasteiger partial charge in [0.1, 0.15) is 12.4 Å². The zero-order valence-electron chi connectivity index (χ0n) is 21.6. The molecule has 0 saturated heterocycles. The molecule has 1 unspecified atom stereocenters. The van der Waals surface area contributed by atoms with E-state index in [1.54, 1.807) is 6.20 Å². The minimum atomic E-state index is -1.16. The second kappa shape index (κ2) is 9.23. The second-order valence-electron chi connectivity index (χ2n) is 11.5. The van der Waals surface area contributed by atoms with Gasteiger partial charge in [-0.3, -0.25) is 0 Å². The largest absolute Gasteiger partial charge is 0.442 e. The molecule has 4 aromatic rings. The van der Waals surface area contributed by atoms with Gasteiger partial charge >= 0.3 is 0 Å². The van der Waals surface area contributed by atoms with Crippen LogP contribution in [0.5, 0.6) is 0 Å². The van der Waals surface area contributed by atoms with E-state index in [0.717, 1.165) is 41.4 Å².